The summed E-state index contributed by atoms with van der Waals surface area (Å²) in [5, 5.41) is 7.04. The van der Waals surface area contributed by atoms with Gasteiger partial charge in [-0.05, 0) is 0 Å². The Morgan fingerprint density at radius 1 is 1.73 bits per heavy atom. The Morgan fingerprint density at radius 2 is 2.40 bits per heavy atom. The third-order valence-corrected chi connectivity index (χ3v) is 3.64. The number of nitrogens with two attached hydrogens (primary N) is 1. The molecule has 0 saturated carbocycles. The highest BCUT2D eigenvalue weighted by molar-refractivity contribution is 7.89. The largest absolute Gasteiger partial charge is 0.388 e. The standard InChI is InChI=1S/C7H13N5O2S/c1-12(3-2-6(8)9)15(13,14)7-4-10-5-11-7/h4-5H,2-3H2,1H3,(H3,8,9)(H,10,11). The third-order valence-electron chi connectivity index (χ3n) is 1.86. The van der Waals surface area contributed by atoms with Gasteiger partial charge in [0.05, 0.1) is 18.4 Å². The molecule has 0 radical (unpaired) electrons. The van der Waals surface area contributed by atoms with Crippen molar-refractivity contribution in [2.24, 2.45) is 5.73 Å². The smallest absolute Gasteiger partial charge is 0.259 e. The summed E-state index contributed by atoms with van der Waals surface area (Å²) in [5.41, 5.74) is 5.14. The summed E-state index contributed by atoms with van der Waals surface area (Å²) in [6.45, 7) is 0.177. The summed E-state index contributed by atoms with van der Waals surface area (Å²) >= 11 is 0. The molecule has 0 aromatic carbocycles. The highest BCUT2D eigenvalue weighted by Gasteiger charge is 2.21. The highest BCUT2D eigenvalue weighted by atomic mass is 32.2. The molecule has 1 heterocycles. The first-order valence-corrected chi connectivity index (χ1v) is 5.66. The zero-order valence-electron chi connectivity index (χ0n) is 8.27. The fourth-order valence-corrected chi connectivity index (χ4v) is 2.01. The number of aromatic amines is 1. The molecule has 0 bridgehead atoms. The predicted octanol–water partition coefficient (Wildman–Crippen LogP) is -0.644. The lowest BCUT2D eigenvalue weighted by atomic mass is 10.4. The molecule has 0 amide bonds. The van der Waals surface area contributed by atoms with Crippen molar-refractivity contribution in [2.75, 3.05) is 13.6 Å². The molecular weight excluding hydrogens is 218 g/mol. The predicted molar refractivity (Wildman–Crippen MR) is 54.9 cm³/mol. The maximum atomic E-state index is 11.7. The van der Waals surface area contributed by atoms with Gasteiger partial charge in [0.25, 0.3) is 10.0 Å². The first kappa shape index (κ1) is 11.7. The topological polar surface area (TPSA) is 116 Å². The monoisotopic (exact) mass is 231 g/mol. The number of sulfonamides is 1. The third kappa shape index (κ3) is 2.77. The van der Waals surface area contributed by atoms with Gasteiger partial charge in [0.2, 0.25) is 0 Å². The van der Waals surface area contributed by atoms with Crippen molar-refractivity contribution in [3.8, 4) is 0 Å². The second kappa shape index (κ2) is 4.41. The van der Waals surface area contributed by atoms with E-state index in [0.717, 1.165) is 4.31 Å². The maximum absolute atomic E-state index is 11.7. The molecule has 15 heavy (non-hydrogen) atoms. The Morgan fingerprint density at radius 3 is 2.87 bits per heavy atom. The first-order valence-electron chi connectivity index (χ1n) is 4.22. The Hall–Kier alpha value is -1.41. The molecule has 4 N–H and O–H groups in total. The average Bonchev–Trinajstić information content (AvgIpc) is 2.66. The quantitative estimate of drug-likeness (QED) is 0.461. The fourth-order valence-electron chi connectivity index (χ4n) is 0.950. The van der Waals surface area contributed by atoms with Crippen LogP contribution in [-0.2, 0) is 10.0 Å². The zero-order chi connectivity index (χ0) is 11.5. The molecular formula is C7H13N5O2S. The summed E-state index contributed by atoms with van der Waals surface area (Å²) in [7, 11) is -2.10. The van der Waals surface area contributed by atoms with Crippen LogP contribution >= 0.6 is 0 Å². The number of nitrogens with one attached hydrogen (secondary N) is 2. The fraction of sp³-hybridized carbons (Fsp3) is 0.429. The molecule has 0 aliphatic rings. The van der Waals surface area contributed by atoms with Gasteiger partial charge in [0.15, 0.2) is 5.03 Å². The van der Waals surface area contributed by atoms with E-state index in [2.05, 4.69) is 9.97 Å². The number of hydrogen-bond acceptors (Lipinski definition) is 4. The molecule has 1 rings (SSSR count). The molecule has 8 heteroatoms. The van der Waals surface area contributed by atoms with Gasteiger partial charge >= 0.3 is 0 Å². The summed E-state index contributed by atoms with van der Waals surface area (Å²) in [5.74, 6) is -0.0401. The lowest BCUT2D eigenvalue weighted by Crippen LogP contribution is -2.30. The molecule has 0 spiro atoms. The van der Waals surface area contributed by atoms with E-state index in [1.807, 2.05) is 0 Å². The van der Waals surface area contributed by atoms with Crippen LogP contribution in [-0.4, -0.2) is 42.1 Å². The van der Waals surface area contributed by atoms with E-state index in [1.165, 1.54) is 19.6 Å². The van der Waals surface area contributed by atoms with Gasteiger partial charge in [-0.3, -0.25) is 5.41 Å². The normalized spacial score (nSPS) is 11.9. The number of rotatable bonds is 5. The van der Waals surface area contributed by atoms with Gasteiger partial charge in [-0.25, -0.2) is 13.4 Å². The summed E-state index contributed by atoms with van der Waals surface area (Å²) in [4.78, 5) is 6.16. The first-order chi connectivity index (χ1) is 6.94. The van der Waals surface area contributed by atoms with Crippen molar-refractivity contribution in [2.45, 2.75) is 11.4 Å². The number of amidine groups is 1. The van der Waals surface area contributed by atoms with Gasteiger partial charge in [-0.15, -0.1) is 0 Å². The van der Waals surface area contributed by atoms with Crippen LogP contribution in [0.2, 0.25) is 0 Å². The van der Waals surface area contributed by atoms with E-state index < -0.39 is 10.0 Å². The average molecular weight is 231 g/mol. The molecule has 84 valence electrons. The molecule has 7 nitrogen and oxygen atoms in total. The Balaban J connectivity index is 2.75. The number of aromatic nitrogens is 2. The second-order valence-electron chi connectivity index (χ2n) is 3.02. The van der Waals surface area contributed by atoms with Crippen LogP contribution in [0.4, 0.5) is 0 Å². The highest BCUT2D eigenvalue weighted by Crippen LogP contribution is 2.09. The molecule has 1 aromatic heterocycles. The Kier molecular flexibility index (Phi) is 3.43. The molecule has 0 atom stereocenters. The van der Waals surface area contributed by atoms with Crippen molar-refractivity contribution < 1.29 is 8.42 Å². The van der Waals surface area contributed by atoms with Crippen molar-refractivity contribution >= 4 is 15.9 Å². The number of hydrogen-bond donors (Lipinski definition) is 3. The number of H-pyrrole nitrogens is 1. The van der Waals surface area contributed by atoms with E-state index in [0.29, 0.717) is 0 Å². The second-order valence-corrected chi connectivity index (χ2v) is 5.03. The minimum absolute atomic E-state index is 0.0357. The van der Waals surface area contributed by atoms with Crippen LogP contribution in [0.15, 0.2) is 17.6 Å². The van der Waals surface area contributed by atoms with Gasteiger partial charge in [0, 0.05) is 20.0 Å². The molecule has 0 unspecified atom stereocenters. The maximum Gasteiger partial charge on any atom is 0.259 e. The van der Waals surface area contributed by atoms with Crippen molar-refractivity contribution in [3.05, 3.63) is 12.5 Å². The van der Waals surface area contributed by atoms with Crippen LogP contribution in [0.1, 0.15) is 6.42 Å². The van der Waals surface area contributed by atoms with Crippen LogP contribution in [0, 0.1) is 5.41 Å². The molecule has 0 aliphatic carbocycles. The minimum atomic E-state index is -3.53. The lowest BCUT2D eigenvalue weighted by molar-refractivity contribution is 0.475. The molecule has 0 fully saturated rings. The summed E-state index contributed by atoms with van der Waals surface area (Å²) in [6, 6.07) is 0. The Labute approximate surface area is 87.9 Å². The number of imidazole rings is 1. The SMILES string of the molecule is CN(CCC(=N)N)S(=O)(=O)c1cnc[nH]1. The zero-order valence-corrected chi connectivity index (χ0v) is 9.08. The van der Waals surface area contributed by atoms with E-state index in [-0.39, 0.29) is 23.8 Å². The van der Waals surface area contributed by atoms with Gasteiger partial charge in [-0.1, -0.05) is 0 Å². The molecule has 0 saturated heterocycles. The van der Waals surface area contributed by atoms with E-state index >= 15 is 0 Å². The summed E-state index contributed by atoms with van der Waals surface area (Å²) < 4.78 is 24.6. The van der Waals surface area contributed by atoms with Crippen molar-refractivity contribution in [1.29, 1.82) is 5.41 Å². The van der Waals surface area contributed by atoms with Crippen molar-refractivity contribution in [3.63, 3.8) is 0 Å². The van der Waals surface area contributed by atoms with Crippen LogP contribution in [0.3, 0.4) is 0 Å². The number of nitrogens with zero attached hydrogens (tertiary/aromatic N) is 2. The minimum Gasteiger partial charge on any atom is -0.388 e. The summed E-state index contributed by atoms with van der Waals surface area (Å²) in [6.07, 6.45) is 2.75. The van der Waals surface area contributed by atoms with Gasteiger partial charge in [-0.2, -0.15) is 4.31 Å². The van der Waals surface area contributed by atoms with E-state index in [4.69, 9.17) is 11.1 Å². The van der Waals surface area contributed by atoms with E-state index in [1.54, 1.807) is 0 Å². The molecule has 0 aliphatic heterocycles. The van der Waals surface area contributed by atoms with Gasteiger partial charge < -0.3 is 10.7 Å². The van der Waals surface area contributed by atoms with Crippen LogP contribution < -0.4 is 5.73 Å². The van der Waals surface area contributed by atoms with Gasteiger partial charge in [0.1, 0.15) is 0 Å². The van der Waals surface area contributed by atoms with Crippen LogP contribution in [0.5, 0.6) is 0 Å². The lowest BCUT2D eigenvalue weighted by Gasteiger charge is -2.14. The molecule has 1 aromatic rings. The van der Waals surface area contributed by atoms with Crippen molar-refractivity contribution in [1.82, 2.24) is 14.3 Å². The van der Waals surface area contributed by atoms with Crippen LogP contribution in [0.25, 0.3) is 0 Å². The van der Waals surface area contributed by atoms with E-state index in [9.17, 15) is 8.42 Å². The Bertz CT molecular complexity index is 424.